The first kappa shape index (κ1) is 16.9. The van der Waals surface area contributed by atoms with Crippen LogP contribution in [0, 0.1) is 16.0 Å². The maximum atomic E-state index is 12.4. The van der Waals surface area contributed by atoms with Crippen molar-refractivity contribution in [2.75, 3.05) is 6.54 Å². The van der Waals surface area contributed by atoms with Gasteiger partial charge in [-0.2, -0.15) is 0 Å². The van der Waals surface area contributed by atoms with Gasteiger partial charge in [0.1, 0.15) is 18.7 Å². The molecule has 1 heterocycles. The molecule has 2 fully saturated rings. The van der Waals surface area contributed by atoms with Crippen molar-refractivity contribution in [1.82, 2.24) is 10.2 Å². The van der Waals surface area contributed by atoms with E-state index >= 15 is 0 Å². The maximum absolute atomic E-state index is 12.4. The van der Waals surface area contributed by atoms with E-state index in [1.54, 1.807) is 6.92 Å². The Bertz CT molecular complexity index is 743. The Morgan fingerprint density at radius 1 is 1.36 bits per heavy atom. The lowest BCUT2D eigenvalue weighted by molar-refractivity contribution is -0.384. The fourth-order valence-corrected chi connectivity index (χ4v) is 2.85. The van der Waals surface area contributed by atoms with Crippen LogP contribution in [-0.2, 0) is 20.9 Å². The number of ether oxygens (including phenoxy) is 1. The van der Waals surface area contributed by atoms with Gasteiger partial charge in [0.25, 0.3) is 11.6 Å². The van der Waals surface area contributed by atoms with Crippen LogP contribution in [0.15, 0.2) is 24.3 Å². The minimum absolute atomic E-state index is 0.0613. The molecule has 3 amide bonds. The Hall–Kier alpha value is -2.97. The van der Waals surface area contributed by atoms with Gasteiger partial charge in [-0.3, -0.25) is 24.6 Å². The van der Waals surface area contributed by atoms with Crippen molar-refractivity contribution < 1.29 is 24.0 Å². The lowest BCUT2D eigenvalue weighted by Crippen LogP contribution is -2.46. The summed E-state index contributed by atoms with van der Waals surface area (Å²) in [6.45, 7) is 1.12. The lowest BCUT2D eigenvalue weighted by atomic mass is 9.96. The van der Waals surface area contributed by atoms with Crippen LogP contribution in [0.4, 0.5) is 10.5 Å². The fraction of sp³-hybridized carbons (Fsp3) is 0.438. The van der Waals surface area contributed by atoms with Gasteiger partial charge in [-0.25, -0.2) is 4.79 Å². The number of rotatable bonds is 6. The number of imide groups is 1. The SMILES string of the molecule is C[C@@]1(C2CC2)NC(=O)N(CC(=O)OCc2ccc([N+](=O)[O-])cc2)C1=O. The number of nitrogens with one attached hydrogen (secondary N) is 1. The van der Waals surface area contributed by atoms with E-state index in [0.717, 1.165) is 17.7 Å². The number of amides is 3. The van der Waals surface area contributed by atoms with E-state index < -0.39 is 34.9 Å². The number of hydrogen-bond acceptors (Lipinski definition) is 6. The monoisotopic (exact) mass is 347 g/mol. The Balaban J connectivity index is 1.55. The average Bonchev–Trinajstić information content (AvgIpc) is 3.39. The molecule has 2 aliphatic rings. The molecule has 0 spiro atoms. The maximum Gasteiger partial charge on any atom is 0.326 e. The molecule has 1 aromatic rings. The van der Waals surface area contributed by atoms with E-state index in [1.807, 2.05) is 0 Å². The van der Waals surface area contributed by atoms with Gasteiger partial charge in [-0.05, 0) is 43.4 Å². The molecule has 1 aliphatic carbocycles. The molecule has 9 heteroatoms. The Labute approximate surface area is 143 Å². The van der Waals surface area contributed by atoms with Crippen molar-refractivity contribution >= 4 is 23.6 Å². The summed E-state index contributed by atoms with van der Waals surface area (Å²) in [6, 6.07) is 4.97. The predicted octanol–water partition coefficient (Wildman–Crippen LogP) is 1.36. The average molecular weight is 347 g/mol. The van der Waals surface area contributed by atoms with Crippen LogP contribution in [0.2, 0.25) is 0 Å². The highest BCUT2D eigenvalue weighted by Gasteiger charge is 2.56. The van der Waals surface area contributed by atoms with E-state index in [2.05, 4.69) is 5.32 Å². The van der Waals surface area contributed by atoms with Crippen LogP contribution in [-0.4, -0.2) is 39.8 Å². The molecule has 1 aliphatic heterocycles. The molecular formula is C16H17N3O6. The number of nitro groups is 1. The summed E-state index contributed by atoms with van der Waals surface area (Å²) < 4.78 is 5.05. The van der Waals surface area contributed by atoms with Crippen molar-refractivity contribution in [3.05, 3.63) is 39.9 Å². The van der Waals surface area contributed by atoms with E-state index in [4.69, 9.17) is 4.74 Å². The zero-order valence-electron chi connectivity index (χ0n) is 13.6. The molecule has 1 saturated carbocycles. The molecule has 3 rings (SSSR count). The van der Waals surface area contributed by atoms with Crippen molar-refractivity contribution in [3.63, 3.8) is 0 Å². The Morgan fingerprint density at radius 2 is 2.00 bits per heavy atom. The van der Waals surface area contributed by atoms with Crippen molar-refractivity contribution in [2.24, 2.45) is 5.92 Å². The summed E-state index contributed by atoms with van der Waals surface area (Å²) in [6.07, 6.45) is 1.75. The van der Waals surface area contributed by atoms with Gasteiger partial charge >= 0.3 is 12.0 Å². The number of benzene rings is 1. The van der Waals surface area contributed by atoms with Gasteiger partial charge in [-0.15, -0.1) is 0 Å². The topological polar surface area (TPSA) is 119 Å². The molecule has 132 valence electrons. The van der Waals surface area contributed by atoms with Gasteiger partial charge in [0.15, 0.2) is 0 Å². The van der Waals surface area contributed by atoms with Gasteiger partial charge in [0.05, 0.1) is 4.92 Å². The van der Waals surface area contributed by atoms with E-state index in [9.17, 15) is 24.5 Å². The smallest absolute Gasteiger partial charge is 0.326 e. The minimum atomic E-state index is -0.935. The number of nitrogens with zero attached hydrogens (tertiary/aromatic N) is 2. The number of hydrogen-bond donors (Lipinski definition) is 1. The molecule has 0 radical (unpaired) electrons. The molecule has 0 bridgehead atoms. The zero-order chi connectivity index (χ0) is 18.2. The number of nitro benzene ring substituents is 1. The Kier molecular flexibility index (Phi) is 4.15. The third-order valence-electron chi connectivity index (χ3n) is 4.53. The molecule has 0 unspecified atom stereocenters. The summed E-state index contributed by atoms with van der Waals surface area (Å²) in [7, 11) is 0. The van der Waals surface area contributed by atoms with Gasteiger partial charge in [0, 0.05) is 12.1 Å². The first-order chi connectivity index (χ1) is 11.8. The number of urea groups is 1. The third kappa shape index (κ3) is 3.30. The van der Waals surface area contributed by atoms with Crippen molar-refractivity contribution in [3.8, 4) is 0 Å². The van der Waals surface area contributed by atoms with Crippen LogP contribution < -0.4 is 5.32 Å². The van der Waals surface area contributed by atoms with E-state index in [-0.39, 0.29) is 18.2 Å². The molecule has 25 heavy (non-hydrogen) atoms. The second-order valence-electron chi connectivity index (χ2n) is 6.38. The molecule has 0 aromatic heterocycles. The highest BCUT2D eigenvalue weighted by molar-refractivity contribution is 6.08. The largest absolute Gasteiger partial charge is 0.459 e. The molecule has 9 nitrogen and oxygen atoms in total. The van der Waals surface area contributed by atoms with Crippen molar-refractivity contribution in [1.29, 1.82) is 0 Å². The van der Waals surface area contributed by atoms with Crippen LogP contribution >= 0.6 is 0 Å². The summed E-state index contributed by atoms with van der Waals surface area (Å²) >= 11 is 0. The summed E-state index contributed by atoms with van der Waals surface area (Å²) in [4.78, 5) is 47.2. The highest BCUT2D eigenvalue weighted by Crippen LogP contribution is 2.42. The summed E-state index contributed by atoms with van der Waals surface area (Å²) in [5.41, 5.74) is -0.428. The van der Waals surface area contributed by atoms with E-state index in [0.29, 0.717) is 5.56 Å². The summed E-state index contributed by atoms with van der Waals surface area (Å²) in [5, 5.41) is 13.2. The minimum Gasteiger partial charge on any atom is -0.459 e. The standard InChI is InChI=1S/C16H17N3O6/c1-16(11-4-5-11)14(21)18(15(22)17-16)8-13(20)25-9-10-2-6-12(7-3-10)19(23)24/h2-3,6-7,11H,4-5,8-9H2,1H3,(H,17,22)/t16-/m0/s1. The normalized spacial score (nSPS) is 22.7. The number of carbonyl (C=O) groups excluding carboxylic acids is 3. The second-order valence-corrected chi connectivity index (χ2v) is 6.38. The first-order valence-electron chi connectivity index (χ1n) is 7.84. The van der Waals surface area contributed by atoms with Gasteiger partial charge in [0.2, 0.25) is 0 Å². The quantitative estimate of drug-likeness (QED) is 0.359. The molecule has 1 saturated heterocycles. The highest BCUT2D eigenvalue weighted by atomic mass is 16.6. The molecule has 1 aromatic carbocycles. The number of carbonyl (C=O) groups is 3. The first-order valence-corrected chi connectivity index (χ1v) is 7.84. The lowest BCUT2D eigenvalue weighted by Gasteiger charge is -2.20. The fourth-order valence-electron chi connectivity index (χ4n) is 2.85. The van der Waals surface area contributed by atoms with Crippen LogP contribution in [0.1, 0.15) is 25.3 Å². The molecular weight excluding hydrogens is 330 g/mol. The zero-order valence-corrected chi connectivity index (χ0v) is 13.6. The number of non-ortho nitro benzene ring substituents is 1. The Morgan fingerprint density at radius 3 is 2.56 bits per heavy atom. The predicted molar refractivity (Wildman–Crippen MR) is 84.3 cm³/mol. The van der Waals surface area contributed by atoms with Gasteiger partial charge in [-0.1, -0.05) is 0 Å². The summed E-state index contributed by atoms with van der Waals surface area (Å²) in [5.74, 6) is -1.01. The second kappa shape index (κ2) is 6.15. The van der Waals surface area contributed by atoms with E-state index in [1.165, 1.54) is 24.3 Å². The van der Waals surface area contributed by atoms with Gasteiger partial charge < -0.3 is 10.1 Å². The van der Waals surface area contributed by atoms with Crippen LogP contribution in [0.5, 0.6) is 0 Å². The molecule has 1 N–H and O–H groups in total. The molecule has 1 atom stereocenters. The van der Waals surface area contributed by atoms with Crippen LogP contribution in [0.3, 0.4) is 0 Å². The third-order valence-corrected chi connectivity index (χ3v) is 4.53. The number of esters is 1. The van der Waals surface area contributed by atoms with Crippen molar-refractivity contribution in [2.45, 2.75) is 31.9 Å². The van der Waals surface area contributed by atoms with Crippen LogP contribution in [0.25, 0.3) is 0 Å².